The Labute approximate surface area is 156 Å². The van der Waals surface area contributed by atoms with Crippen molar-refractivity contribution in [2.45, 2.75) is 18.4 Å². The van der Waals surface area contributed by atoms with Crippen molar-refractivity contribution >= 4 is 17.5 Å². The Kier molecular flexibility index (Phi) is 4.67. The number of benzene rings is 2. The van der Waals surface area contributed by atoms with E-state index in [1.165, 1.54) is 6.07 Å². The van der Waals surface area contributed by atoms with Crippen molar-refractivity contribution in [3.05, 3.63) is 70.2 Å². The lowest BCUT2D eigenvalue weighted by atomic mass is 10.0. The first-order valence-electron chi connectivity index (χ1n) is 8.77. The normalized spacial score (nSPS) is 25.2. The van der Waals surface area contributed by atoms with Gasteiger partial charge in [0.05, 0.1) is 6.04 Å². The smallest absolute Gasteiger partial charge is 0.226 e. The molecule has 1 saturated carbocycles. The number of carbonyl (C=O) groups excluding carboxylic acids is 1. The Balaban J connectivity index is 1.55. The zero-order valence-corrected chi connectivity index (χ0v) is 14.8. The number of piperazine rings is 1. The van der Waals surface area contributed by atoms with Gasteiger partial charge in [-0.3, -0.25) is 4.79 Å². The Bertz CT molecular complexity index is 844. The number of hydrogen-bond acceptors (Lipinski definition) is 2. The van der Waals surface area contributed by atoms with Crippen LogP contribution in [0, 0.1) is 17.6 Å². The maximum Gasteiger partial charge on any atom is 0.226 e. The SMILES string of the molecule is O=C(C1CC1c1cc(F)ccc1F)N1CCNCC1c1ccccc1Cl. The first kappa shape index (κ1) is 17.4. The van der Waals surface area contributed by atoms with Crippen LogP contribution in [0.5, 0.6) is 0 Å². The molecule has 1 aliphatic heterocycles. The lowest BCUT2D eigenvalue weighted by molar-refractivity contribution is -0.136. The Morgan fingerprint density at radius 3 is 2.77 bits per heavy atom. The summed E-state index contributed by atoms with van der Waals surface area (Å²) >= 11 is 6.33. The molecule has 0 aromatic heterocycles. The van der Waals surface area contributed by atoms with Gasteiger partial charge in [-0.25, -0.2) is 8.78 Å². The Hall–Kier alpha value is -1.98. The average molecular weight is 377 g/mol. The summed E-state index contributed by atoms with van der Waals surface area (Å²) in [6.07, 6.45) is 0.554. The molecular formula is C20H19ClF2N2O. The summed E-state index contributed by atoms with van der Waals surface area (Å²) in [4.78, 5) is 14.9. The van der Waals surface area contributed by atoms with Crippen LogP contribution >= 0.6 is 11.6 Å². The van der Waals surface area contributed by atoms with Crippen LogP contribution in [-0.2, 0) is 4.79 Å². The molecule has 1 heterocycles. The molecule has 1 N–H and O–H groups in total. The van der Waals surface area contributed by atoms with E-state index in [0.29, 0.717) is 36.6 Å². The summed E-state index contributed by atoms with van der Waals surface area (Å²) in [5.41, 5.74) is 1.21. The molecule has 0 radical (unpaired) electrons. The van der Waals surface area contributed by atoms with Gasteiger partial charge in [-0.05, 0) is 47.7 Å². The van der Waals surface area contributed by atoms with Gasteiger partial charge in [0.2, 0.25) is 5.91 Å². The van der Waals surface area contributed by atoms with E-state index in [2.05, 4.69) is 5.32 Å². The third-order valence-electron chi connectivity index (χ3n) is 5.26. The summed E-state index contributed by atoms with van der Waals surface area (Å²) in [7, 11) is 0. The molecule has 2 aromatic rings. The van der Waals surface area contributed by atoms with Gasteiger partial charge in [0, 0.05) is 30.6 Å². The molecular weight excluding hydrogens is 358 g/mol. The van der Waals surface area contributed by atoms with Crippen LogP contribution in [0.15, 0.2) is 42.5 Å². The maximum absolute atomic E-state index is 14.0. The summed E-state index contributed by atoms with van der Waals surface area (Å²) in [5, 5.41) is 3.93. The zero-order chi connectivity index (χ0) is 18.3. The first-order valence-corrected chi connectivity index (χ1v) is 9.14. The summed E-state index contributed by atoms with van der Waals surface area (Å²) in [5.74, 6) is -1.48. The van der Waals surface area contributed by atoms with Crippen LogP contribution in [-0.4, -0.2) is 30.4 Å². The van der Waals surface area contributed by atoms with Gasteiger partial charge in [-0.2, -0.15) is 0 Å². The molecule has 2 fully saturated rings. The first-order chi connectivity index (χ1) is 12.6. The van der Waals surface area contributed by atoms with Crippen LogP contribution in [0.4, 0.5) is 8.78 Å². The van der Waals surface area contributed by atoms with E-state index in [9.17, 15) is 13.6 Å². The molecule has 6 heteroatoms. The van der Waals surface area contributed by atoms with E-state index < -0.39 is 11.6 Å². The fourth-order valence-corrected chi connectivity index (χ4v) is 4.08. The molecule has 26 heavy (non-hydrogen) atoms. The molecule has 0 spiro atoms. The van der Waals surface area contributed by atoms with Crippen LogP contribution in [0.1, 0.15) is 29.5 Å². The van der Waals surface area contributed by atoms with E-state index in [1.807, 2.05) is 29.2 Å². The molecule has 1 saturated heterocycles. The third-order valence-corrected chi connectivity index (χ3v) is 5.60. The van der Waals surface area contributed by atoms with E-state index in [1.54, 1.807) is 0 Å². The van der Waals surface area contributed by atoms with Crippen LogP contribution < -0.4 is 5.32 Å². The monoisotopic (exact) mass is 376 g/mol. The van der Waals surface area contributed by atoms with Crippen molar-refractivity contribution < 1.29 is 13.6 Å². The zero-order valence-electron chi connectivity index (χ0n) is 14.1. The topological polar surface area (TPSA) is 32.3 Å². The molecule has 2 aliphatic rings. The standard InChI is InChI=1S/C20H19ClF2N2O/c21-17-4-2-1-3-13(17)19-11-24-7-8-25(19)20(26)16-10-14(16)15-9-12(22)5-6-18(15)23/h1-6,9,14,16,19,24H,7-8,10-11H2. The van der Waals surface area contributed by atoms with Gasteiger partial charge in [0.1, 0.15) is 11.6 Å². The number of hydrogen-bond donors (Lipinski definition) is 1. The fourth-order valence-electron chi connectivity index (χ4n) is 3.81. The predicted molar refractivity (Wildman–Crippen MR) is 96.0 cm³/mol. The van der Waals surface area contributed by atoms with Gasteiger partial charge >= 0.3 is 0 Å². The second-order valence-corrected chi connectivity index (χ2v) is 7.29. The molecule has 2 aromatic carbocycles. The molecule has 3 nitrogen and oxygen atoms in total. The summed E-state index contributed by atoms with van der Waals surface area (Å²) < 4.78 is 27.5. The number of carbonyl (C=O) groups is 1. The van der Waals surface area contributed by atoms with Gasteiger partial charge in [-0.15, -0.1) is 0 Å². The highest BCUT2D eigenvalue weighted by Crippen LogP contribution is 2.50. The van der Waals surface area contributed by atoms with Crippen molar-refractivity contribution in [2.75, 3.05) is 19.6 Å². The van der Waals surface area contributed by atoms with Crippen LogP contribution in [0.25, 0.3) is 0 Å². The van der Waals surface area contributed by atoms with Gasteiger partial charge < -0.3 is 10.2 Å². The van der Waals surface area contributed by atoms with E-state index in [-0.39, 0.29) is 23.8 Å². The highest BCUT2D eigenvalue weighted by Gasteiger charge is 2.48. The van der Waals surface area contributed by atoms with E-state index in [0.717, 1.165) is 17.7 Å². The lowest BCUT2D eigenvalue weighted by Gasteiger charge is -2.37. The molecule has 0 bridgehead atoms. The minimum atomic E-state index is -0.476. The molecule has 136 valence electrons. The highest BCUT2D eigenvalue weighted by atomic mass is 35.5. The lowest BCUT2D eigenvalue weighted by Crippen LogP contribution is -2.49. The fraction of sp³-hybridized carbons (Fsp3) is 0.350. The third kappa shape index (κ3) is 3.21. The van der Waals surface area contributed by atoms with Gasteiger partial charge in [-0.1, -0.05) is 29.8 Å². The summed E-state index contributed by atoms with van der Waals surface area (Å²) in [6.45, 7) is 1.91. The maximum atomic E-state index is 14.0. The Morgan fingerprint density at radius 1 is 1.15 bits per heavy atom. The highest BCUT2D eigenvalue weighted by molar-refractivity contribution is 6.31. The Morgan fingerprint density at radius 2 is 1.96 bits per heavy atom. The van der Waals surface area contributed by atoms with E-state index >= 15 is 0 Å². The number of nitrogens with one attached hydrogen (secondary N) is 1. The molecule has 1 amide bonds. The molecule has 3 atom stereocenters. The summed E-state index contributed by atoms with van der Waals surface area (Å²) in [6, 6.07) is 10.8. The van der Waals surface area contributed by atoms with Crippen molar-refractivity contribution in [1.82, 2.24) is 10.2 Å². The van der Waals surface area contributed by atoms with Crippen LogP contribution in [0.3, 0.4) is 0 Å². The molecule has 4 rings (SSSR count). The minimum absolute atomic E-state index is 0.00918. The van der Waals surface area contributed by atoms with Crippen molar-refractivity contribution in [3.63, 3.8) is 0 Å². The minimum Gasteiger partial charge on any atom is -0.333 e. The van der Waals surface area contributed by atoms with E-state index in [4.69, 9.17) is 11.6 Å². The van der Waals surface area contributed by atoms with Crippen LogP contribution in [0.2, 0.25) is 5.02 Å². The number of amides is 1. The predicted octanol–water partition coefficient (Wildman–Crippen LogP) is 3.89. The largest absolute Gasteiger partial charge is 0.333 e. The average Bonchev–Trinajstić information content (AvgIpc) is 3.44. The number of rotatable bonds is 3. The number of halogens is 3. The van der Waals surface area contributed by atoms with Gasteiger partial charge in [0.15, 0.2) is 0 Å². The van der Waals surface area contributed by atoms with Crippen molar-refractivity contribution in [2.24, 2.45) is 5.92 Å². The molecule has 1 aliphatic carbocycles. The quantitative estimate of drug-likeness (QED) is 0.881. The second kappa shape index (κ2) is 6.97. The van der Waals surface area contributed by atoms with Crippen molar-refractivity contribution in [1.29, 1.82) is 0 Å². The number of nitrogens with zero attached hydrogens (tertiary/aromatic N) is 1. The van der Waals surface area contributed by atoms with Gasteiger partial charge in [0.25, 0.3) is 0 Å². The van der Waals surface area contributed by atoms with Crippen molar-refractivity contribution in [3.8, 4) is 0 Å². The second-order valence-electron chi connectivity index (χ2n) is 6.89. The molecule has 3 unspecified atom stereocenters.